The van der Waals surface area contributed by atoms with Gasteiger partial charge in [-0.25, -0.2) is 4.98 Å². The number of aromatic nitrogens is 1. The fraction of sp³-hybridized carbons (Fsp3) is 0.133. The van der Waals surface area contributed by atoms with Gasteiger partial charge in [0.15, 0.2) is 0 Å². The van der Waals surface area contributed by atoms with Crippen LogP contribution < -0.4 is 5.32 Å². The average Bonchev–Trinajstić information content (AvgIpc) is 3.09. The molecule has 0 bridgehead atoms. The van der Waals surface area contributed by atoms with Gasteiger partial charge in [-0.15, -0.1) is 22.7 Å². The summed E-state index contributed by atoms with van der Waals surface area (Å²) in [5.74, 6) is 0. The zero-order valence-corrected chi connectivity index (χ0v) is 13.9. The van der Waals surface area contributed by atoms with Gasteiger partial charge in [0.2, 0.25) is 0 Å². The van der Waals surface area contributed by atoms with Crippen LogP contribution in [-0.2, 0) is 13.1 Å². The molecule has 3 aromatic rings. The molecule has 0 aliphatic carbocycles. The van der Waals surface area contributed by atoms with Crippen molar-refractivity contribution < 1.29 is 0 Å². The summed E-state index contributed by atoms with van der Waals surface area (Å²) in [5, 5.41) is 6.68. The Morgan fingerprint density at radius 3 is 2.65 bits per heavy atom. The molecule has 102 valence electrons. The number of benzene rings is 1. The molecule has 3 rings (SSSR count). The van der Waals surface area contributed by atoms with Crippen molar-refractivity contribution in [2.45, 2.75) is 13.1 Å². The number of thiophene rings is 1. The molecule has 1 aromatic carbocycles. The van der Waals surface area contributed by atoms with E-state index >= 15 is 0 Å². The maximum atomic E-state index is 4.67. The average molecular weight is 365 g/mol. The topological polar surface area (TPSA) is 24.9 Å². The summed E-state index contributed by atoms with van der Waals surface area (Å²) in [7, 11) is 0. The molecule has 0 atom stereocenters. The molecule has 2 aromatic heterocycles. The van der Waals surface area contributed by atoms with Gasteiger partial charge in [-0.1, -0.05) is 30.3 Å². The second kappa shape index (κ2) is 6.63. The molecular formula is C15H13BrN2S2. The lowest BCUT2D eigenvalue weighted by molar-refractivity contribution is 0.697. The first-order chi connectivity index (χ1) is 9.81. The fourth-order valence-electron chi connectivity index (χ4n) is 1.87. The molecule has 1 N–H and O–H groups in total. The third-order valence-corrected chi connectivity index (χ3v) is 5.30. The second-order valence-electron chi connectivity index (χ2n) is 4.30. The molecule has 0 fully saturated rings. The zero-order valence-electron chi connectivity index (χ0n) is 10.7. The first-order valence-corrected chi connectivity index (χ1v) is 8.75. The van der Waals surface area contributed by atoms with Crippen molar-refractivity contribution >= 4 is 38.6 Å². The van der Waals surface area contributed by atoms with Crippen molar-refractivity contribution in [2.24, 2.45) is 0 Å². The molecule has 2 heterocycles. The maximum absolute atomic E-state index is 4.67. The second-order valence-corrected chi connectivity index (χ2v) is 7.79. The summed E-state index contributed by atoms with van der Waals surface area (Å²) in [5.41, 5.74) is 2.24. The number of nitrogens with zero attached hydrogens (tertiary/aromatic N) is 1. The van der Waals surface area contributed by atoms with Crippen LogP contribution in [0.1, 0.15) is 9.88 Å². The van der Waals surface area contributed by atoms with Gasteiger partial charge in [0, 0.05) is 28.9 Å². The highest BCUT2D eigenvalue weighted by molar-refractivity contribution is 9.11. The Kier molecular flexibility index (Phi) is 4.62. The molecule has 0 radical (unpaired) electrons. The van der Waals surface area contributed by atoms with Crippen molar-refractivity contribution in [3.63, 3.8) is 0 Å². The molecule has 0 unspecified atom stereocenters. The van der Waals surface area contributed by atoms with Gasteiger partial charge in [-0.2, -0.15) is 0 Å². The minimum Gasteiger partial charge on any atom is -0.306 e. The summed E-state index contributed by atoms with van der Waals surface area (Å²) in [4.78, 5) is 6.00. The van der Waals surface area contributed by atoms with Crippen LogP contribution in [0.5, 0.6) is 0 Å². The highest BCUT2D eigenvalue weighted by Crippen LogP contribution is 2.23. The van der Waals surface area contributed by atoms with Crippen LogP contribution in [0.2, 0.25) is 0 Å². The van der Waals surface area contributed by atoms with Crippen LogP contribution >= 0.6 is 38.6 Å². The first-order valence-electron chi connectivity index (χ1n) is 6.26. The number of halogens is 1. The van der Waals surface area contributed by atoms with E-state index < -0.39 is 0 Å². The Labute approximate surface area is 134 Å². The molecule has 0 saturated heterocycles. The summed E-state index contributed by atoms with van der Waals surface area (Å²) < 4.78 is 1.18. The van der Waals surface area contributed by atoms with E-state index in [0.717, 1.165) is 23.8 Å². The van der Waals surface area contributed by atoms with Crippen LogP contribution in [-0.4, -0.2) is 4.98 Å². The molecule has 0 aliphatic rings. The summed E-state index contributed by atoms with van der Waals surface area (Å²) in [6, 6.07) is 14.5. The molecule has 5 heteroatoms. The van der Waals surface area contributed by atoms with Crippen molar-refractivity contribution in [3.8, 4) is 11.3 Å². The highest BCUT2D eigenvalue weighted by Gasteiger charge is 2.04. The quantitative estimate of drug-likeness (QED) is 0.694. The van der Waals surface area contributed by atoms with Crippen LogP contribution in [0.25, 0.3) is 11.3 Å². The normalized spacial score (nSPS) is 10.8. The van der Waals surface area contributed by atoms with Gasteiger partial charge in [0.1, 0.15) is 5.01 Å². The molecule has 2 nitrogen and oxygen atoms in total. The van der Waals surface area contributed by atoms with E-state index in [1.54, 1.807) is 22.7 Å². The number of rotatable bonds is 5. The Morgan fingerprint density at radius 2 is 1.90 bits per heavy atom. The smallest absolute Gasteiger partial charge is 0.107 e. The first kappa shape index (κ1) is 13.9. The summed E-state index contributed by atoms with van der Waals surface area (Å²) >= 11 is 6.95. The number of nitrogens with one attached hydrogen (secondary N) is 1. The van der Waals surface area contributed by atoms with Crippen LogP contribution in [0.3, 0.4) is 0 Å². The van der Waals surface area contributed by atoms with E-state index in [2.05, 4.69) is 55.9 Å². The monoisotopic (exact) mass is 364 g/mol. The lowest BCUT2D eigenvalue weighted by atomic mass is 10.2. The minimum atomic E-state index is 0.813. The van der Waals surface area contributed by atoms with Gasteiger partial charge in [-0.3, -0.25) is 0 Å². The predicted molar refractivity (Wildman–Crippen MR) is 90.1 cm³/mol. The third-order valence-electron chi connectivity index (χ3n) is 2.83. The Balaban J connectivity index is 1.58. The van der Waals surface area contributed by atoms with Gasteiger partial charge in [0.25, 0.3) is 0 Å². The molecule has 0 spiro atoms. The van der Waals surface area contributed by atoms with E-state index in [0.29, 0.717) is 0 Å². The molecule has 0 aliphatic heterocycles. The highest BCUT2D eigenvalue weighted by atomic mass is 79.9. The van der Waals surface area contributed by atoms with Crippen molar-refractivity contribution in [3.05, 3.63) is 61.5 Å². The van der Waals surface area contributed by atoms with E-state index in [1.165, 1.54) is 14.2 Å². The van der Waals surface area contributed by atoms with Gasteiger partial charge >= 0.3 is 0 Å². The largest absolute Gasteiger partial charge is 0.306 e. The molecular weight excluding hydrogens is 352 g/mol. The molecule has 0 saturated carbocycles. The Bertz CT molecular complexity index is 676. The van der Waals surface area contributed by atoms with Crippen molar-refractivity contribution in [1.29, 1.82) is 0 Å². The lowest BCUT2D eigenvalue weighted by Gasteiger charge is -1.99. The van der Waals surface area contributed by atoms with Gasteiger partial charge in [0.05, 0.1) is 9.48 Å². The standard InChI is InChI=1S/C15H13BrN2S2/c16-14-7-6-12(20-14)8-17-9-15-18-13(10-19-15)11-4-2-1-3-5-11/h1-7,10,17H,8-9H2. The van der Waals surface area contributed by atoms with Gasteiger partial charge < -0.3 is 5.32 Å². The van der Waals surface area contributed by atoms with Crippen LogP contribution in [0, 0.1) is 0 Å². The molecule has 20 heavy (non-hydrogen) atoms. The number of hydrogen-bond acceptors (Lipinski definition) is 4. The SMILES string of the molecule is Brc1ccc(CNCc2nc(-c3ccccc3)cs2)s1. The zero-order chi connectivity index (χ0) is 13.8. The van der Waals surface area contributed by atoms with Crippen molar-refractivity contribution in [2.75, 3.05) is 0 Å². The number of hydrogen-bond donors (Lipinski definition) is 1. The predicted octanol–water partition coefficient (Wildman–Crippen LogP) is 4.92. The summed E-state index contributed by atoms with van der Waals surface area (Å²) in [6.45, 7) is 1.70. The minimum absolute atomic E-state index is 0.813. The molecule has 0 amide bonds. The van der Waals surface area contributed by atoms with Crippen LogP contribution in [0.4, 0.5) is 0 Å². The summed E-state index contributed by atoms with van der Waals surface area (Å²) in [6.07, 6.45) is 0. The Hall–Kier alpha value is -1.01. The van der Waals surface area contributed by atoms with E-state index in [9.17, 15) is 0 Å². The number of thiazole rings is 1. The van der Waals surface area contributed by atoms with E-state index in [1.807, 2.05) is 18.2 Å². The van der Waals surface area contributed by atoms with Crippen LogP contribution in [0.15, 0.2) is 51.6 Å². The third kappa shape index (κ3) is 3.55. The van der Waals surface area contributed by atoms with E-state index in [-0.39, 0.29) is 0 Å². The Morgan fingerprint density at radius 1 is 1.05 bits per heavy atom. The van der Waals surface area contributed by atoms with Crippen molar-refractivity contribution in [1.82, 2.24) is 10.3 Å². The lowest BCUT2D eigenvalue weighted by Crippen LogP contribution is -2.11. The maximum Gasteiger partial charge on any atom is 0.107 e. The fourth-order valence-corrected chi connectivity index (χ4v) is 4.10. The van der Waals surface area contributed by atoms with Gasteiger partial charge in [-0.05, 0) is 28.1 Å². The van der Waals surface area contributed by atoms with E-state index in [4.69, 9.17) is 0 Å².